The van der Waals surface area contributed by atoms with Crippen molar-refractivity contribution in [1.29, 1.82) is 0 Å². The van der Waals surface area contributed by atoms with Crippen LogP contribution in [0.1, 0.15) is 43.7 Å². The number of nitrogens with one attached hydrogen (secondary N) is 3. The first kappa shape index (κ1) is 17.5. The van der Waals surface area contributed by atoms with E-state index < -0.39 is 0 Å². The average Bonchev–Trinajstić information content (AvgIpc) is 2.50. The molecule has 1 aliphatic carbocycles. The predicted octanol–water partition coefficient (Wildman–Crippen LogP) is 2.32. The van der Waals surface area contributed by atoms with Gasteiger partial charge < -0.3 is 15.5 Å². The van der Waals surface area contributed by atoms with Crippen molar-refractivity contribution >= 4 is 28.9 Å². The Balaban J connectivity index is 1.89. The van der Waals surface area contributed by atoms with Crippen molar-refractivity contribution in [2.24, 2.45) is 0 Å². The molecule has 1 aromatic rings. The third kappa shape index (κ3) is 5.11. The maximum absolute atomic E-state index is 6.34. The third-order valence-electron chi connectivity index (χ3n) is 4.38. The van der Waals surface area contributed by atoms with Gasteiger partial charge in [-0.2, -0.15) is 0 Å². The highest BCUT2D eigenvalue weighted by molar-refractivity contribution is 7.80. The fourth-order valence-corrected chi connectivity index (χ4v) is 3.58. The van der Waals surface area contributed by atoms with Crippen molar-refractivity contribution in [2.45, 2.75) is 44.2 Å². The summed E-state index contributed by atoms with van der Waals surface area (Å²) >= 11 is 11.8. The highest BCUT2D eigenvalue weighted by atomic mass is 35.5. The lowest BCUT2D eigenvalue weighted by Crippen LogP contribution is -3.07. The minimum absolute atomic E-state index is 0.278. The summed E-state index contributed by atoms with van der Waals surface area (Å²) in [6.45, 7) is 0.782. The molecule has 2 rings (SSSR count). The zero-order valence-corrected chi connectivity index (χ0v) is 15.1. The van der Waals surface area contributed by atoms with E-state index >= 15 is 0 Å². The van der Waals surface area contributed by atoms with Crippen LogP contribution in [0, 0.1) is 0 Å². The molecular formula is C17H27ClN3S+. The molecule has 0 aromatic heterocycles. The molecule has 122 valence electrons. The van der Waals surface area contributed by atoms with Gasteiger partial charge in [-0.1, -0.05) is 49.1 Å². The van der Waals surface area contributed by atoms with Gasteiger partial charge in [-0.05, 0) is 31.1 Å². The van der Waals surface area contributed by atoms with Gasteiger partial charge in [0.2, 0.25) is 0 Å². The van der Waals surface area contributed by atoms with Crippen molar-refractivity contribution < 1.29 is 4.90 Å². The first-order valence-electron chi connectivity index (χ1n) is 8.16. The Morgan fingerprint density at radius 2 is 1.95 bits per heavy atom. The first-order chi connectivity index (χ1) is 10.6. The molecule has 1 aliphatic rings. The van der Waals surface area contributed by atoms with Crippen LogP contribution in [0.5, 0.6) is 0 Å². The summed E-state index contributed by atoms with van der Waals surface area (Å²) in [5, 5.41) is 8.42. The maximum Gasteiger partial charge on any atom is 0.166 e. The highest BCUT2D eigenvalue weighted by Crippen LogP contribution is 2.20. The topological polar surface area (TPSA) is 28.5 Å². The van der Waals surface area contributed by atoms with Gasteiger partial charge in [0.05, 0.1) is 20.6 Å². The molecule has 5 heteroatoms. The van der Waals surface area contributed by atoms with E-state index in [0.29, 0.717) is 6.04 Å². The first-order valence-corrected chi connectivity index (χ1v) is 8.95. The summed E-state index contributed by atoms with van der Waals surface area (Å²) in [4.78, 5) is 1.33. The fraction of sp³-hybridized carbons (Fsp3) is 0.588. The number of halogens is 1. The van der Waals surface area contributed by atoms with Gasteiger partial charge in [-0.15, -0.1) is 0 Å². The van der Waals surface area contributed by atoms with Crippen molar-refractivity contribution in [3.63, 3.8) is 0 Å². The summed E-state index contributed by atoms with van der Waals surface area (Å²) in [6.07, 6.45) is 6.44. The molecule has 1 saturated carbocycles. The number of quaternary nitrogens is 1. The summed E-state index contributed by atoms with van der Waals surface area (Å²) in [5.74, 6) is 0. The van der Waals surface area contributed by atoms with Crippen molar-refractivity contribution in [2.75, 3.05) is 20.6 Å². The van der Waals surface area contributed by atoms with Crippen LogP contribution >= 0.6 is 23.8 Å². The molecule has 0 spiro atoms. The largest absolute Gasteiger partial charge is 0.360 e. The van der Waals surface area contributed by atoms with Crippen LogP contribution in [0.25, 0.3) is 0 Å². The summed E-state index contributed by atoms with van der Waals surface area (Å²) in [5.41, 5.74) is 1.16. The van der Waals surface area contributed by atoms with E-state index in [1.807, 2.05) is 18.2 Å². The number of benzene rings is 1. The summed E-state index contributed by atoms with van der Waals surface area (Å²) in [6, 6.07) is 8.87. The Hall–Kier alpha value is -0.840. The molecule has 0 radical (unpaired) electrons. The third-order valence-corrected chi connectivity index (χ3v) is 4.99. The van der Waals surface area contributed by atoms with Crippen molar-refractivity contribution in [3.05, 3.63) is 34.9 Å². The van der Waals surface area contributed by atoms with Gasteiger partial charge in [0, 0.05) is 16.6 Å². The minimum atomic E-state index is 0.278. The zero-order chi connectivity index (χ0) is 15.9. The maximum atomic E-state index is 6.34. The van der Waals surface area contributed by atoms with Crippen LogP contribution in [-0.2, 0) is 0 Å². The van der Waals surface area contributed by atoms with E-state index in [9.17, 15) is 0 Å². The average molecular weight is 341 g/mol. The Bertz CT molecular complexity index is 487. The lowest BCUT2D eigenvalue weighted by molar-refractivity contribution is -0.890. The van der Waals surface area contributed by atoms with Gasteiger partial charge in [0.15, 0.2) is 5.11 Å². The van der Waals surface area contributed by atoms with Crippen molar-refractivity contribution in [1.82, 2.24) is 10.6 Å². The molecule has 0 bridgehead atoms. The molecule has 22 heavy (non-hydrogen) atoms. The van der Waals surface area contributed by atoms with Crippen LogP contribution in [0.15, 0.2) is 24.3 Å². The minimum Gasteiger partial charge on any atom is -0.360 e. The lowest BCUT2D eigenvalue weighted by Gasteiger charge is -2.27. The molecule has 0 amide bonds. The lowest BCUT2D eigenvalue weighted by atomic mass is 9.96. The van der Waals surface area contributed by atoms with E-state index in [1.54, 1.807) is 0 Å². The Labute approximate surface area is 144 Å². The molecule has 1 aromatic carbocycles. The van der Waals surface area contributed by atoms with E-state index in [1.165, 1.54) is 37.0 Å². The van der Waals surface area contributed by atoms with E-state index in [0.717, 1.165) is 22.2 Å². The summed E-state index contributed by atoms with van der Waals surface area (Å²) < 4.78 is 0. The predicted molar refractivity (Wildman–Crippen MR) is 97.6 cm³/mol. The number of thiocarbonyl (C=S) groups is 1. The molecular weight excluding hydrogens is 314 g/mol. The van der Waals surface area contributed by atoms with Crippen LogP contribution < -0.4 is 15.5 Å². The van der Waals surface area contributed by atoms with Gasteiger partial charge >= 0.3 is 0 Å². The Morgan fingerprint density at radius 3 is 2.59 bits per heavy atom. The van der Waals surface area contributed by atoms with Gasteiger partial charge in [0.25, 0.3) is 0 Å². The SMILES string of the molecule is C[NH+](C)[C@H](CNC(=S)NC1CCCCC1)c1ccccc1Cl. The van der Waals surface area contributed by atoms with Crippen LogP contribution in [0.4, 0.5) is 0 Å². The Morgan fingerprint density at radius 1 is 1.27 bits per heavy atom. The molecule has 0 heterocycles. The second kappa shape index (κ2) is 8.70. The summed E-state index contributed by atoms with van der Waals surface area (Å²) in [7, 11) is 4.29. The van der Waals surface area contributed by atoms with Crippen LogP contribution in [-0.4, -0.2) is 31.8 Å². The van der Waals surface area contributed by atoms with Crippen LogP contribution in [0.2, 0.25) is 5.02 Å². The standard InChI is InChI=1S/C17H26ClN3S/c1-21(2)16(14-10-6-7-11-15(14)18)12-19-17(22)20-13-8-4-3-5-9-13/h6-7,10-11,13,16H,3-5,8-9,12H2,1-2H3,(H2,19,20,22)/p+1/t16-/m1/s1. The second-order valence-corrected chi connectivity index (χ2v) is 7.16. The molecule has 3 nitrogen and oxygen atoms in total. The normalized spacial score (nSPS) is 17.3. The van der Waals surface area contributed by atoms with Crippen LogP contribution in [0.3, 0.4) is 0 Å². The van der Waals surface area contributed by atoms with Gasteiger partial charge in [-0.25, -0.2) is 0 Å². The molecule has 3 N–H and O–H groups in total. The molecule has 1 fully saturated rings. The van der Waals surface area contributed by atoms with Gasteiger partial charge in [0.1, 0.15) is 6.04 Å². The highest BCUT2D eigenvalue weighted by Gasteiger charge is 2.21. The van der Waals surface area contributed by atoms with E-state index in [4.69, 9.17) is 23.8 Å². The van der Waals surface area contributed by atoms with E-state index in [2.05, 4.69) is 30.8 Å². The molecule has 0 unspecified atom stereocenters. The second-order valence-electron chi connectivity index (χ2n) is 6.34. The quantitative estimate of drug-likeness (QED) is 0.718. The monoisotopic (exact) mass is 340 g/mol. The number of likely N-dealkylation sites (N-methyl/N-ethyl adjacent to an activating group) is 1. The zero-order valence-electron chi connectivity index (χ0n) is 13.5. The van der Waals surface area contributed by atoms with E-state index in [-0.39, 0.29) is 6.04 Å². The fourth-order valence-electron chi connectivity index (χ4n) is 3.06. The number of hydrogen-bond acceptors (Lipinski definition) is 1. The Kier molecular flexibility index (Phi) is 6.93. The van der Waals surface area contributed by atoms with Crippen molar-refractivity contribution in [3.8, 4) is 0 Å². The number of rotatable bonds is 5. The molecule has 0 saturated heterocycles. The van der Waals surface area contributed by atoms with Gasteiger partial charge in [-0.3, -0.25) is 0 Å². The molecule has 1 atom stereocenters. The molecule has 0 aliphatic heterocycles. The number of hydrogen-bond donors (Lipinski definition) is 3. The smallest absolute Gasteiger partial charge is 0.166 e.